The number of amides is 2. The SMILES string of the molecule is COc1ccc(Cl)cc1N1C[C@@H](C(=O)NCc2ccccc2Cl)CC1=O. The number of nitrogens with one attached hydrogen (secondary N) is 1. The maximum Gasteiger partial charge on any atom is 0.227 e. The molecular formula is C19H18Cl2N2O3. The van der Waals surface area contributed by atoms with Crippen molar-refractivity contribution in [1.82, 2.24) is 5.32 Å². The van der Waals surface area contributed by atoms with E-state index in [0.717, 1.165) is 5.56 Å². The molecule has 3 rings (SSSR count). The Morgan fingerprint density at radius 2 is 2.04 bits per heavy atom. The molecule has 0 unspecified atom stereocenters. The predicted octanol–water partition coefficient (Wildman–Crippen LogP) is 3.67. The molecule has 0 aromatic heterocycles. The zero-order valence-corrected chi connectivity index (χ0v) is 15.7. The summed E-state index contributed by atoms with van der Waals surface area (Å²) in [5, 5.41) is 3.95. The number of nitrogens with zero attached hydrogens (tertiary/aromatic N) is 1. The van der Waals surface area contributed by atoms with Gasteiger partial charge < -0.3 is 15.0 Å². The van der Waals surface area contributed by atoms with Gasteiger partial charge in [-0.15, -0.1) is 0 Å². The monoisotopic (exact) mass is 392 g/mol. The van der Waals surface area contributed by atoms with E-state index in [1.165, 1.54) is 7.11 Å². The highest BCUT2D eigenvalue weighted by molar-refractivity contribution is 6.31. The summed E-state index contributed by atoms with van der Waals surface area (Å²) >= 11 is 12.1. The van der Waals surface area contributed by atoms with E-state index in [-0.39, 0.29) is 24.8 Å². The fourth-order valence-electron chi connectivity index (χ4n) is 2.96. The van der Waals surface area contributed by atoms with Crippen LogP contribution >= 0.6 is 23.2 Å². The van der Waals surface area contributed by atoms with E-state index in [1.807, 2.05) is 18.2 Å². The zero-order valence-electron chi connectivity index (χ0n) is 14.2. The van der Waals surface area contributed by atoms with Gasteiger partial charge in [0.1, 0.15) is 5.75 Å². The van der Waals surface area contributed by atoms with Gasteiger partial charge in [-0.3, -0.25) is 9.59 Å². The number of rotatable bonds is 5. The largest absolute Gasteiger partial charge is 0.495 e. The quantitative estimate of drug-likeness (QED) is 0.844. The van der Waals surface area contributed by atoms with E-state index in [4.69, 9.17) is 27.9 Å². The van der Waals surface area contributed by atoms with Crippen LogP contribution in [0.2, 0.25) is 10.0 Å². The van der Waals surface area contributed by atoms with Gasteiger partial charge >= 0.3 is 0 Å². The molecule has 0 saturated carbocycles. The van der Waals surface area contributed by atoms with Gasteiger partial charge in [-0.1, -0.05) is 41.4 Å². The molecule has 136 valence electrons. The molecule has 0 spiro atoms. The molecule has 0 bridgehead atoms. The lowest BCUT2D eigenvalue weighted by atomic mass is 10.1. The van der Waals surface area contributed by atoms with Gasteiger partial charge in [0.05, 0.1) is 18.7 Å². The highest BCUT2D eigenvalue weighted by Crippen LogP contribution is 2.35. The number of halogens is 2. The van der Waals surface area contributed by atoms with Gasteiger partial charge in [-0.25, -0.2) is 0 Å². The molecule has 1 aliphatic heterocycles. The maximum absolute atomic E-state index is 12.5. The van der Waals surface area contributed by atoms with E-state index in [9.17, 15) is 9.59 Å². The second kappa shape index (κ2) is 7.98. The van der Waals surface area contributed by atoms with Crippen LogP contribution in [0, 0.1) is 5.92 Å². The van der Waals surface area contributed by atoms with Gasteiger partial charge in [0.2, 0.25) is 11.8 Å². The van der Waals surface area contributed by atoms with Crippen molar-refractivity contribution in [2.24, 2.45) is 5.92 Å². The van der Waals surface area contributed by atoms with Crippen molar-refractivity contribution in [2.45, 2.75) is 13.0 Å². The molecule has 1 heterocycles. The highest BCUT2D eigenvalue weighted by Gasteiger charge is 2.36. The van der Waals surface area contributed by atoms with Gasteiger partial charge in [0, 0.05) is 29.6 Å². The summed E-state index contributed by atoms with van der Waals surface area (Å²) in [6, 6.07) is 12.4. The fourth-order valence-corrected chi connectivity index (χ4v) is 3.33. The number of hydrogen-bond acceptors (Lipinski definition) is 3. The van der Waals surface area contributed by atoms with Crippen molar-refractivity contribution in [3.63, 3.8) is 0 Å². The Hall–Kier alpha value is -2.24. The Kier molecular flexibility index (Phi) is 5.69. The minimum Gasteiger partial charge on any atom is -0.495 e. The van der Waals surface area contributed by atoms with Crippen LogP contribution < -0.4 is 15.0 Å². The molecule has 1 atom stereocenters. The number of benzene rings is 2. The molecule has 7 heteroatoms. The van der Waals surface area contributed by atoms with Crippen LogP contribution in [0.25, 0.3) is 0 Å². The molecule has 1 N–H and O–H groups in total. The molecule has 26 heavy (non-hydrogen) atoms. The average Bonchev–Trinajstić information content (AvgIpc) is 3.02. The maximum atomic E-state index is 12.5. The van der Waals surface area contributed by atoms with Crippen molar-refractivity contribution >= 4 is 40.7 Å². The summed E-state index contributed by atoms with van der Waals surface area (Å²) in [4.78, 5) is 26.5. The first kappa shape index (κ1) is 18.5. The Labute approximate surface area is 161 Å². The molecule has 2 aromatic carbocycles. The summed E-state index contributed by atoms with van der Waals surface area (Å²) in [5.41, 5.74) is 1.41. The van der Waals surface area contributed by atoms with Crippen molar-refractivity contribution < 1.29 is 14.3 Å². The number of carbonyl (C=O) groups excluding carboxylic acids is 2. The van der Waals surface area contributed by atoms with Gasteiger partial charge in [0.15, 0.2) is 0 Å². The molecular weight excluding hydrogens is 375 g/mol. The van der Waals surface area contributed by atoms with Crippen LogP contribution in [0.15, 0.2) is 42.5 Å². The molecule has 5 nitrogen and oxygen atoms in total. The van der Waals surface area contributed by atoms with Crippen LogP contribution in [0.5, 0.6) is 5.75 Å². The number of ether oxygens (including phenoxy) is 1. The third-order valence-electron chi connectivity index (χ3n) is 4.34. The summed E-state index contributed by atoms with van der Waals surface area (Å²) in [6.45, 7) is 0.605. The normalized spacial score (nSPS) is 16.7. The van der Waals surface area contributed by atoms with Crippen molar-refractivity contribution in [1.29, 1.82) is 0 Å². The van der Waals surface area contributed by atoms with Crippen molar-refractivity contribution in [2.75, 3.05) is 18.6 Å². The van der Waals surface area contributed by atoms with Crippen molar-refractivity contribution in [3.8, 4) is 5.75 Å². The standard InChI is InChI=1S/C19H18Cl2N2O3/c1-26-17-7-6-14(20)9-16(17)23-11-13(8-18(23)24)19(25)22-10-12-4-2-3-5-15(12)21/h2-7,9,13H,8,10-11H2,1H3,(H,22,25)/t13-/m0/s1. The zero-order chi connectivity index (χ0) is 18.7. The van der Waals surface area contributed by atoms with E-state index in [2.05, 4.69) is 5.32 Å². The smallest absolute Gasteiger partial charge is 0.227 e. The Balaban J connectivity index is 1.69. The Morgan fingerprint density at radius 1 is 1.27 bits per heavy atom. The molecule has 2 aromatic rings. The number of anilines is 1. The van der Waals surface area contributed by atoms with Crippen LogP contribution in [0.3, 0.4) is 0 Å². The lowest BCUT2D eigenvalue weighted by Crippen LogP contribution is -2.32. The van der Waals surface area contributed by atoms with Crippen LogP contribution in [-0.4, -0.2) is 25.5 Å². The van der Waals surface area contributed by atoms with Gasteiger partial charge in [0.25, 0.3) is 0 Å². The number of hydrogen-bond donors (Lipinski definition) is 1. The lowest BCUT2D eigenvalue weighted by Gasteiger charge is -2.20. The summed E-state index contributed by atoms with van der Waals surface area (Å²) in [6.07, 6.45) is 0.143. The summed E-state index contributed by atoms with van der Waals surface area (Å²) < 4.78 is 5.31. The minimum atomic E-state index is -0.436. The number of carbonyl (C=O) groups is 2. The van der Waals surface area contributed by atoms with Crippen LogP contribution in [0.4, 0.5) is 5.69 Å². The van der Waals surface area contributed by atoms with E-state index >= 15 is 0 Å². The lowest BCUT2D eigenvalue weighted by molar-refractivity contribution is -0.126. The van der Waals surface area contributed by atoms with E-state index in [0.29, 0.717) is 28.0 Å². The average molecular weight is 393 g/mol. The van der Waals surface area contributed by atoms with Crippen LogP contribution in [-0.2, 0) is 16.1 Å². The highest BCUT2D eigenvalue weighted by atomic mass is 35.5. The topological polar surface area (TPSA) is 58.6 Å². The fraction of sp³-hybridized carbons (Fsp3) is 0.263. The number of methoxy groups -OCH3 is 1. The molecule has 1 aliphatic rings. The summed E-state index contributed by atoms with van der Waals surface area (Å²) in [7, 11) is 1.53. The third-order valence-corrected chi connectivity index (χ3v) is 4.94. The Morgan fingerprint density at radius 3 is 2.77 bits per heavy atom. The second-order valence-electron chi connectivity index (χ2n) is 6.03. The molecule has 1 saturated heterocycles. The summed E-state index contributed by atoms with van der Waals surface area (Å²) in [5.74, 6) is -0.209. The first-order valence-corrected chi connectivity index (χ1v) is 8.90. The van der Waals surface area contributed by atoms with Gasteiger partial charge in [-0.05, 0) is 29.8 Å². The second-order valence-corrected chi connectivity index (χ2v) is 6.87. The third kappa shape index (κ3) is 3.94. The molecule has 2 amide bonds. The molecule has 0 radical (unpaired) electrons. The Bertz CT molecular complexity index is 841. The minimum absolute atomic E-state index is 0.136. The first-order chi connectivity index (χ1) is 12.5. The van der Waals surface area contributed by atoms with Crippen LogP contribution in [0.1, 0.15) is 12.0 Å². The molecule has 0 aliphatic carbocycles. The molecule has 1 fully saturated rings. The van der Waals surface area contributed by atoms with E-state index in [1.54, 1.807) is 29.2 Å². The predicted molar refractivity (Wildman–Crippen MR) is 102 cm³/mol. The van der Waals surface area contributed by atoms with E-state index < -0.39 is 5.92 Å². The first-order valence-electron chi connectivity index (χ1n) is 8.14. The van der Waals surface area contributed by atoms with Crippen molar-refractivity contribution in [3.05, 3.63) is 58.1 Å². The van der Waals surface area contributed by atoms with Gasteiger partial charge in [-0.2, -0.15) is 0 Å².